The summed E-state index contributed by atoms with van der Waals surface area (Å²) in [4.78, 5) is 29.2. The molecule has 0 saturated heterocycles. The summed E-state index contributed by atoms with van der Waals surface area (Å²) in [6, 6.07) is 9.23. The fourth-order valence-corrected chi connectivity index (χ4v) is 2.98. The summed E-state index contributed by atoms with van der Waals surface area (Å²) in [6.07, 6.45) is -0.687. The molecule has 0 spiro atoms. The molecule has 6 nitrogen and oxygen atoms in total. The Bertz CT molecular complexity index is 750. The minimum absolute atomic E-state index is 0.268. The third-order valence-electron chi connectivity index (χ3n) is 4.13. The van der Waals surface area contributed by atoms with Gasteiger partial charge in [0.05, 0.1) is 6.10 Å². The predicted octanol–water partition coefficient (Wildman–Crippen LogP) is 2.89. The Morgan fingerprint density at radius 1 is 1.24 bits per heavy atom. The lowest BCUT2D eigenvalue weighted by Gasteiger charge is -2.20. The normalized spacial score (nSPS) is 11.9. The number of aromatic amines is 1. The van der Waals surface area contributed by atoms with E-state index in [1.165, 1.54) is 0 Å². The molecule has 0 bridgehead atoms. The largest absolute Gasteiger partial charge is 0.451 e. The van der Waals surface area contributed by atoms with Gasteiger partial charge in [-0.2, -0.15) is 0 Å². The third kappa shape index (κ3) is 4.09. The number of aliphatic hydroxyl groups is 1. The Kier molecular flexibility index (Phi) is 5.98. The summed E-state index contributed by atoms with van der Waals surface area (Å²) in [5.41, 5.74) is 3.06. The minimum Gasteiger partial charge on any atom is -0.451 e. The molecule has 0 aliphatic heterocycles. The SMILES string of the molecule is CCN(C(=O)COC(=O)c1[nH]c(C)c([C@@H](C)O)c1C)c1ccccc1. The molecule has 0 saturated carbocycles. The van der Waals surface area contributed by atoms with Gasteiger partial charge in [0, 0.05) is 23.5 Å². The number of nitrogens with zero attached hydrogens (tertiary/aromatic N) is 1. The molecular formula is C19H24N2O4. The van der Waals surface area contributed by atoms with E-state index in [1.54, 1.807) is 25.7 Å². The number of nitrogens with one attached hydrogen (secondary N) is 1. The van der Waals surface area contributed by atoms with Gasteiger partial charge in [-0.05, 0) is 45.4 Å². The fourth-order valence-electron chi connectivity index (χ4n) is 2.98. The van der Waals surface area contributed by atoms with E-state index in [-0.39, 0.29) is 18.2 Å². The van der Waals surface area contributed by atoms with Crippen molar-refractivity contribution in [2.45, 2.75) is 33.8 Å². The summed E-state index contributed by atoms with van der Waals surface area (Å²) in [7, 11) is 0. The number of esters is 1. The lowest BCUT2D eigenvalue weighted by Crippen LogP contribution is -2.34. The number of aromatic nitrogens is 1. The Balaban J connectivity index is 2.07. The van der Waals surface area contributed by atoms with Crippen molar-refractivity contribution in [3.05, 3.63) is 52.8 Å². The fraction of sp³-hybridized carbons (Fsp3) is 0.368. The number of aryl methyl sites for hydroxylation is 1. The van der Waals surface area contributed by atoms with Crippen LogP contribution < -0.4 is 4.90 Å². The van der Waals surface area contributed by atoms with Crippen LogP contribution in [0.1, 0.15) is 47.3 Å². The highest BCUT2D eigenvalue weighted by Crippen LogP contribution is 2.25. The van der Waals surface area contributed by atoms with E-state index in [1.807, 2.05) is 37.3 Å². The second-order valence-electron chi connectivity index (χ2n) is 5.89. The molecule has 25 heavy (non-hydrogen) atoms. The first-order valence-corrected chi connectivity index (χ1v) is 8.26. The van der Waals surface area contributed by atoms with Crippen molar-refractivity contribution in [2.75, 3.05) is 18.1 Å². The molecule has 0 radical (unpaired) electrons. The molecule has 1 amide bonds. The number of amides is 1. The Labute approximate surface area is 147 Å². The van der Waals surface area contributed by atoms with Crippen LogP contribution in [-0.2, 0) is 9.53 Å². The smallest absolute Gasteiger partial charge is 0.355 e. The summed E-state index contributed by atoms with van der Waals surface area (Å²) in [5.74, 6) is -0.899. The zero-order valence-corrected chi connectivity index (χ0v) is 15.0. The number of hydrogen-bond donors (Lipinski definition) is 2. The maximum Gasteiger partial charge on any atom is 0.355 e. The number of H-pyrrole nitrogens is 1. The average Bonchev–Trinajstić information content (AvgIpc) is 2.89. The molecule has 1 aromatic heterocycles. The van der Waals surface area contributed by atoms with Crippen LogP contribution in [0.2, 0.25) is 0 Å². The van der Waals surface area contributed by atoms with Crippen LogP contribution in [0.25, 0.3) is 0 Å². The maximum atomic E-state index is 12.4. The first-order chi connectivity index (χ1) is 11.9. The molecule has 0 aliphatic carbocycles. The van der Waals surface area contributed by atoms with E-state index in [0.29, 0.717) is 23.4 Å². The number of hydrogen-bond acceptors (Lipinski definition) is 4. The first-order valence-electron chi connectivity index (χ1n) is 8.26. The number of rotatable bonds is 6. The van der Waals surface area contributed by atoms with Gasteiger partial charge in [0.1, 0.15) is 5.69 Å². The van der Waals surface area contributed by atoms with Crippen molar-refractivity contribution in [3.8, 4) is 0 Å². The van der Waals surface area contributed by atoms with Gasteiger partial charge in [-0.15, -0.1) is 0 Å². The molecule has 2 N–H and O–H groups in total. The van der Waals surface area contributed by atoms with E-state index >= 15 is 0 Å². The molecule has 134 valence electrons. The van der Waals surface area contributed by atoms with Crippen molar-refractivity contribution in [1.29, 1.82) is 0 Å². The molecule has 2 rings (SSSR count). The number of anilines is 1. The molecule has 2 aromatic rings. The highest BCUT2D eigenvalue weighted by Gasteiger charge is 2.22. The van der Waals surface area contributed by atoms with Gasteiger partial charge in [-0.25, -0.2) is 4.79 Å². The van der Waals surface area contributed by atoms with E-state index in [9.17, 15) is 14.7 Å². The molecular weight excluding hydrogens is 320 g/mol. The van der Waals surface area contributed by atoms with Crippen LogP contribution in [0.5, 0.6) is 0 Å². The molecule has 1 heterocycles. The zero-order valence-electron chi connectivity index (χ0n) is 15.0. The van der Waals surface area contributed by atoms with Gasteiger partial charge in [-0.3, -0.25) is 4.79 Å². The number of aliphatic hydroxyl groups excluding tert-OH is 1. The van der Waals surface area contributed by atoms with Crippen LogP contribution in [0.15, 0.2) is 30.3 Å². The van der Waals surface area contributed by atoms with E-state index in [2.05, 4.69) is 4.98 Å². The van der Waals surface area contributed by atoms with Crippen molar-refractivity contribution < 1.29 is 19.4 Å². The van der Waals surface area contributed by atoms with Crippen LogP contribution >= 0.6 is 0 Å². The molecule has 6 heteroatoms. The summed E-state index contributed by atoms with van der Waals surface area (Å²) < 4.78 is 5.18. The Morgan fingerprint density at radius 2 is 1.88 bits per heavy atom. The molecule has 0 aliphatic rings. The Hall–Kier alpha value is -2.60. The maximum absolute atomic E-state index is 12.4. The predicted molar refractivity (Wildman–Crippen MR) is 95.7 cm³/mol. The molecule has 1 atom stereocenters. The minimum atomic E-state index is -0.687. The van der Waals surface area contributed by atoms with Crippen LogP contribution in [0.3, 0.4) is 0 Å². The number of carbonyl (C=O) groups is 2. The summed E-state index contributed by atoms with van der Waals surface area (Å²) in [5, 5.41) is 9.80. The van der Waals surface area contributed by atoms with Crippen LogP contribution in [-0.4, -0.2) is 35.1 Å². The molecule has 1 aromatic carbocycles. The van der Waals surface area contributed by atoms with Crippen LogP contribution in [0.4, 0.5) is 5.69 Å². The Morgan fingerprint density at radius 3 is 2.40 bits per heavy atom. The first kappa shape index (κ1) is 18.7. The quantitative estimate of drug-likeness (QED) is 0.790. The molecule has 0 unspecified atom stereocenters. The van der Waals surface area contributed by atoms with Gasteiger partial charge in [0.25, 0.3) is 5.91 Å². The second kappa shape index (κ2) is 7.98. The number of ether oxygens (including phenoxy) is 1. The number of likely N-dealkylation sites (N-methyl/N-ethyl adjacent to an activating group) is 1. The lowest BCUT2D eigenvalue weighted by molar-refractivity contribution is -0.121. The monoisotopic (exact) mass is 344 g/mol. The zero-order chi connectivity index (χ0) is 18.6. The van der Waals surface area contributed by atoms with E-state index in [0.717, 1.165) is 5.69 Å². The lowest BCUT2D eigenvalue weighted by atomic mass is 10.1. The topological polar surface area (TPSA) is 82.6 Å². The van der Waals surface area contributed by atoms with Gasteiger partial charge in [0.15, 0.2) is 6.61 Å². The van der Waals surface area contributed by atoms with Crippen LogP contribution in [0, 0.1) is 13.8 Å². The number of para-hydroxylation sites is 1. The standard InChI is InChI=1S/C19H24N2O4/c1-5-21(15-9-7-6-8-10-15)16(23)11-25-19(24)18-12(2)17(14(4)22)13(3)20-18/h6-10,14,20,22H,5,11H2,1-4H3/t14-/m1/s1. The summed E-state index contributed by atoms with van der Waals surface area (Å²) >= 11 is 0. The van der Waals surface area contributed by atoms with Crippen molar-refractivity contribution >= 4 is 17.6 Å². The van der Waals surface area contributed by atoms with Crippen molar-refractivity contribution in [1.82, 2.24) is 4.98 Å². The van der Waals surface area contributed by atoms with Crippen molar-refractivity contribution in [3.63, 3.8) is 0 Å². The van der Waals surface area contributed by atoms with Gasteiger partial charge in [0.2, 0.25) is 0 Å². The highest BCUT2D eigenvalue weighted by atomic mass is 16.5. The van der Waals surface area contributed by atoms with Gasteiger partial charge < -0.3 is 19.7 Å². The van der Waals surface area contributed by atoms with Gasteiger partial charge in [-0.1, -0.05) is 18.2 Å². The molecule has 0 fully saturated rings. The summed E-state index contributed by atoms with van der Waals surface area (Å²) in [6.45, 7) is 7.16. The van der Waals surface area contributed by atoms with E-state index in [4.69, 9.17) is 4.74 Å². The number of carbonyl (C=O) groups excluding carboxylic acids is 2. The second-order valence-corrected chi connectivity index (χ2v) is 5.89. The average molecular weight is 344 g/mol. The van der Waals surface area contributed by atoms with Gasteiger partial charge >= 0.3 is 5.97 Å². The third-order valence-corrected chi connectivity index (χ3v) is 4.13. The number of benzene rings is 1. The van der Waals surface area contributed by atoms with Crippen molar-refractivity contribution in [2.24, 2.45) is 0 Å². The van der Waals surface area contributed by atoms with E-state index < -0.39 is 12.1 Å². The highest BCUT2D eigenvalue weighted by molar-refractivity contribution is 5.97.